The molecule has 4 fully saturated rings. The van der Waals surface area contributed by atoms with E-state index in [0.717, 1.165) is 64.0 Å². The maximum atomic E-state index is 14.8. The van der Waals surface area contributed by atoms with Crippen molar-refractivity contribution in [3.63, 3.8) is 0 Å². The predicted molar refractivity (Wildman–Crippen MR) is 389 cm³/mol. The molecule has 4 aliphatic carbocycles. The molecule has 12 rings (SSSR count). The van der Waals surface area contributed by atoms with Gasteiger partial charge >= 0.3 is 18.1 Å². The number of unbranched alkanes of at least 4 members (excludes halogenated alkanes) is 2. The van der Waals surface area contributed by atoms with Crippen molar-refractivity contribution in [3.05, 3.63) is 131 Å². The van der Waals surface area contributed by atoms with E-state index < -0.39 is 87.1 Å². The number of rotatable bonds is 33. The molecule has 2 unspecified atom stereocenters. The van der Waals surface area contributed by atoms with Crippen LogP contribution in [-0.2, 0) is 69.7 Å². The minimum Gasteiger partial charge on any atom is -0.476 e. The van der Waals surface area contributed by atoms with Crippen LogP contribution >= 0.6 is 11.3 Å². The first-order valence-corrected chi connectivity index (χ1v) is 37.7. The number of para-hydroxylation sites is 1. The van der Waals surface area contributed by atoms with Crippen LogP contribution in [0.15, 0.2) is 97.2 Å². The van der Waals surface area contributed by atoms with E-state index in [4.69, 9.17) is 31.0 Å². The van der Waals surface area contributed by atoms with E-state index in [0.29, 0.717) is 84.9 Å². The number of carboxylic acids is 1. The number of primary amides is 2. The lowest BCUT2D eigenvalue weighted by atomic mass is 9.39. The normalized spacial score (nSPS) is 20.9. The van der Waals surface area contributed by atoms with Crippen LogP contribution in [-0.4, -0.2) is 164 Å². The molecule has 3 aromatic heterocycles. The predicted octanol–water partition coefficient (Wildman–Crippen LogP) is 8.69. The first kappa shape index (κ1) is 75.5. The van der Waals surface area contributed by atoms with Crippen molar-refractivity contribution in [3.8, 4) is 11.1 Å². The number of aromatic carboxylic acids is 1. The highest BCUT2D eigenvalue weighted by molar-refractivity contribution is 7.85. The van der Waals surface area contributed by atoms with Crippen molar-refractivity contribution in [2.75, 3.05) is 60.2 Å². The summed E-state index contributed by atoms with van der Waals surface area (Å²) in [5.74, 6) is -4.85. The molecule has 6 aromatic rings. The Balaban J connectivity index is 0.744. The summed E-state index contributed by atoms with van der Waals surface area (Å²) >= 11 is 1.40. The molecular weight excluding hydrogens is 1380 g/mol. The van der Waals surface area contributed by atoms with Crippen LogP contribution in [0.3, 0.4) is 0 Å². The lowest BCUT2D eigenvalue weighted by molar-refractivity contribution is -0.248. The van der Waals surface area contributed by atoms with Gasteiger partial charge in [-0.05, 0) is 165 Å². The number of carboxylic acid groups (broad SMARTS) is 1. The molecule has 4 bridgehead atoms. The largest absolute Gasteiger partial charge is 0.476 e. The van der Waals surface area contributed by atoms with Crippen molar-refractivity contribution >= 4 is 102 Å². The number of amides is 9. The number of imide groups is 1. The van der Waals surface area contributed by atoms with Crippen LogP contribution in [0.4, 0.5) is 26.2 Å². The molecule has 104 heavy (non-hydrogen) atoms. The number of anilines is 3. The average molecular weight is 1470 g/mol. The lowest BCUT2D eigenvalue weighted by Crippen LogP contribution is -2.64. The summed E-state index contributed by atoms with van der Waals surface area (Å²) < 4.78 is 49.5. The Kier molecular flexibility index (Phi) is 22.8. The average Bonchev–Trinajstić information content (AvgIpc) is 0.735. The van der Waals surface area contributed by atoms with Crippen LogP contribution < -0.4 is 37.2 Å². The number of carbonyl (C=O) groups excluding carboxylic acids is 8. The van der Waals surface area contributed by atoms with Gasteiger partial charge in [0.05, 0.1) is 34.4 Å². The van der Waals surface area contributed by atoms with Crippen molar-refractivity contribution in [1.82, 2.24) is 40.2 Å². The molecule has 28 nitrogen and oxygen atoms in total. The summed E-state index contributed by atoms with van der Waals surface area (Å²) in [6.07, 6.45) is 10.4. The van der Waals surface area contributed by atoms with Gasteiger partial charge in [-0.1, -0.05) is 81.9 Å². The zero-order valence-corrected chi connectivity index (χ0v) is 60.8. The van der Waals surface area contributed by atoms with Crippen LogP contribution in [0.5, 0.6) is 0 Å². The van der Waals surface area contributed by atoms with E-state index in [2.05, 4.69) is 34.8 Å². The van der Waals surface area contributed by atoms with E-state index in [-0.39, 0.29) is 98.6 Å². The number of thiazole rings is 1. The Hall–Kier alpha value is -9.65. The summed E-state index contributed by atoms with van der Waals surface area (Å²) in [4.78, 5) is 133. The number of pyridine rings is 1. The Morgan fingerprint density at radius 1 is 0.817 bits per heavy atom. The van der Waals surface area contributed by atoms with Gasteiger partial charge in [0.1, 0.15) is 24.5 Å². The van der Waals surface area contributed by atoms with Crippen molar-refractivity contribution in [2.45, 2.75) is 162 Å². The molecule has 4 atom stereocenters. The third-order valence-electron chi connectivity index (χ3n) is 20.7. The third-order valence-corrected chi connectivity index (χ3v) is 22.4. The number of carbonyl (C=O) groups is 9. The Labute approximate surface area is 607 Å². The summed E-state index contributed by atoms with van der Waals surface area (Å²) in [7, 11) is -4.40. The number of fused-ring (bicyclic) bond motifs is 2. The molecule has 4 saturated carbocycles. The van der Waals surface area contributed by atoms with Gasteiger partial charge in [0.25, 0.3) is 33.7 Å². The number of aromatic nitrogens is 4. The van der Waals surface area contributed by atoms with Crippen LogP contribution in [0.25, 0.3) is 21.3 Å². The van der Waals surface area contributed by atoms with E-state index >= 15 is 0 Å². The number of ether oxygens (including phenoxy) is 2. The molecule has 5 heterocycles. The standard InChI is InChI=1S/C74H91N13O15S2/c1-46(2)62(81-59(88)19-7-6-10-31-85-60(89)26-27-61(85)90)66(93)87(56(64(75)91)17-12-29-77-68(76)96)50-22-20-48(21-23-50)38-101-70(97)83(30-13-35-104(98,99)100)33-34-102-74-42-71(4)39-72(5,43-74)41-73(40-71,44-74)45-86-47(3)53(36-78-86)51-24-25-58(80-63(51)67(94)95)84-32-28-49-14-11-15-52(54(49)37-84)65(92)82-69-79-55-16-8-9-18-57(55)103-69/h8-9,11,14-16,18,20-27,36,46,56,62H,6-7,10,12-13,17,19,28-35,37-45H2,1-5H3,(H2,75,91)(H,81,88)(H,94,95)(H3,76,77,96)(H,79,82,92)(H,98,99,100)/t56-,62-,71?,72?,73?,74?/m0/s1. The molecule has 554 valence electrons. The maximum absolute atomic E-state index is 14.8. The Morgan fingerprint density at radius 2 is 1.55 bits per heavy atom. The molecular formula is C74H91N13O15S2. The van der Waals surface area contributed by atoms with Gasteiger partial charge in [-0.3, -0.25) is 53.1 Å². The molecule has 9 amide bonds. The first-order valence-electron chi connectivity index (χ1n) is 35.3. The van der Waals surface area contributed by atoms with Gasteiger partial charge in [-0.25, -0.2) is 24.4 Å². The van der Waals surface area contributed by atoms with Crippen molar-refractivity contribution in [2.24, 2.45) is 33.6 Å². The molecule has 0 radical (unpaired) electrons. The van der Waals surface area contributed by atoms with Gasteiger partial charge in [0.2, 0.25) is 11.8 Å². The summed E-state index contributed by atoms with van der Waals surface area (Å²) in [6.45, 7) is 11.4. The molecule has 30 heteroatoms. The lowest BCUT2D eigenvalue weighted by Gasteiger charge is -2.69. The highest BCUT2D eigenvalue weighted by atomic mass is 32.2. The fourth-order valence-electron chi connectivity index (χ4n) is 17.2. The molecule has 2 aliphatic heterocycles. The zero-order chi connectivity index (χ0) is 74.5. The van der Waals surface area contributed by atoms with E-state index in [1.165, 1.54) is 33.3 Å². The minimum atomic E-state index is -4.40. The highest BCUT2D eigenvalue weighted by Crippen LogP contribution is 2.72. The molecule has 6 aliphatic rings. The number of nitrogens with zero attached hydrogens (tertiary/aromatic N) is 8. The fourth-order valence-corrected chi connectivity index (χ4v) is 18.5. The third kappa shape index (κ3) is 17.8. The van der Waals surface area contributed by atoms with Crippen LogP contribution in [0.2, 0.25) is 0 Å². The van der Waals surface area contributed by atoms with Gasteiger partial charge in [-0.2, -0.15) is 13.5 Å². The molecule has 3 aromatic carbocycles. The van der Waals surface area contributed by atoms with Crippen LogP contribution in [0, 0.1) is 29.1 Å². The second kappa shape index (κ2) is 31.4. The number of nitrogens with two attached hydrogens (primary N) is 2. The summed E-state index contributed by atoms with van der Waals surface area (Å²) in [5.41, 5.74) is 15.7. The van der Waals surface area contributed by atoms with Crippen molar-refractivity contribution in [1.29, 1.82) is 0 Å². The molecule has 0 saturated heterocycles. The summed E-state index contributed by atoms with van der Waals surface area (Å²) in [5, 5.41) is 24.5. The fraction of sp³-hybridized carbons (Fsp3) is 0.486. The topological polar surface area (TPSA) is 391 Å². The molecule has 9 N–H and O–H groups in total. The first-order chi connectivity index (χ1) is 49.4. The van der Waals surface area contributed by atoms with Gasteiger partial charge in [-0.15, -0.1) is 0 Å². The quantitative estimate of drug-likeness (QED) is 0.0115. The summed E-state index contributed by atoms with van der Waals surface area (Å²) in [6, 6.07) is 20.0. The number of urea groups is 1. The van der Waals surface area contributed by atoms with Gasteiger partial charge in [0, 0.05) is 92.5 Å². The molecule has 0 spiro atoms. The number of benzene rings is 3. The SMILES string of the molecule is Cc1c(-c2ccc(N3CCc4cccc(C(=O)Nc5nc6ccccc6s5)c4C3)nc2C(=O)O)cnn1CC12CC3(C)CC(C)(C1)CC(OCCN(CCCS(=O)(=O)O)C(=O)OCc1ccc(N(C(=O)[C@@H](NC(=O)CCCCCN4C(=O)C=CC4=O)C(C)C)[C@@H](CCCNC(N)=O)C(N)=O)cc1)(C3)C2. The van der Waals surface area contributed by atoms with E-state index in [1.807, 2.05) is 59.0 Å². The minimum absolute atomic E-state index is 0.00699. The smallest absolute Gasteiger partial charge is 0.410 e. The second-order valence-corrected chi connectivity index (χ2v) is 32.2. The second-order valence-electron chi connectivity index (χ2n) is 29.6. The van der Waals surface area contributed by atoms with Crippen LogP contribution in [0.1, 0.15) is 154 Å². The Bertz CT molecular complexity index is 4370. The number of nitrogens with one attached hydrogen (secondary N) is 3. The number of hydrogen-bond donors (Lipinski definition) is 7. The van der Waals surface area contributed by atoms with E-state index in [9.17, 15) is 61.2 Å². The van der Waals surface area contributed by atoms with Crippen molar-refractivity contribution < 1.29 is 70.7 Å². The maximum Gasteiger partial charge on any atom is 0.410 e. The Morgan fingerprint density at radius 3 is 2.23 bits per heavy atom. The highest BCUT2D eigenvalue weighted by Gasteiger charge is 2.66. The van der Waals surface area contributed by atoms with Gasteiger partial charge < -0.3 is 46.5 Å². The van der Waals surface area contributed by atoms with Gasteiger partial charge in [0.15, 0.2) is 10.8 Å². The number of hydrogen-bond acceptors (Lipinski definition) is 18. The zero-order valence-electron chi connectivity index (χ0n) is 59.2. The van der Waals surface area contributed by atoms with E-state index in [1.54, 1.807) is 56.4 Å². The monoisotopic (exact) mass is 1470 g/mol.